The molecular weight excluding hydrogens is 230 g/mol. The first-order chi connectivity index (χ1) is 8.63. The second-order valence-electron chi connectivity index (χ2n) is 4.41. The zero-order chi connectivity index (χ0) is 13.1. The van der Waals surface area contributed by atoms with Crippen molar-refractivity contribution in [2.75, 3.05) is 18.1 Å². The standard InChI is InChI=1S/C14H17NO3/c1-3-4-7-18-11-5-6-13-12(8-11)14(17)9-15(13)10(2)16/h5-6,8H,3-4,7,9H2,1-2H3. The lowest BCUT2D eigenvalue weighted by molar-refractivity contribution is -0.116. The van der Waals surface area contributed by atoms with E-state index in [9.17, 15) is 9.59 Å². The van der Waals surface area contributed by atoms with E-state index in [-0.39, 0.29) is 18.2 Å². The number of hydrogen-bond acceptors (Lipinski definition) is 3. The number of ketones is 1. The van der Waals surface area contributed by atoms with Crippen LogP contribution >= 0.6 is 0 Å². The predicted octanol–water partition coefficient (Wildman–Crippen LogP) is 2.41. The van der Waals surface area contributed by atoms with Crippen molar-refractivity contribution in [1.29, 1.82) is 0 Å². The Balaban J connectivity index is 2.20. The first-order valence-electron chi connectivity index (χ1n) is 6.21. The maximum absolute atomic E-state index is 11.8. The number of Topliss-reactive ketones (excluding diaryl/α,β-unsaturated/α-hetero) is 1. The van der Waals surface area contributed by atoms with Gasteiger partial charge in [0.05, 0.1) is 18.8 Å². The average Bonchev–Trinajstić information content (AvgIpc) is 2.67. The molecule has 0 saturated carbocycles. The Morgan fingerprint density at radius 2 is 2.22 bits per heavy atom. The van der Waals surface area contributed by atoms with Crippen LogP contribution in [0.4, 0.5) is 5.69 Å². The van der Waals surface area contributed by atoms with Gasteiger partial charge in [0.15, 0.2) is 5.78 Å². The molecule has 2 rings (SSSR count). The number of carbonyl (C=O) groups is 2. The molecule has 1 aliphatic rings. The monoisotopic (exact) mass is 247 g/mol. The number of anilines is 1. The van der Waals surface area contributed by atoms with E-state index in [2.05, 4.69) is 6.92 Å². The molecule has 0 radical (unpaired) electrons. The zero-order valence-corrected chi connectivity index (χ0v) is 10.7. The largest absolute Gasteiger partial charge is 0.494 e. The summed E-state index contributed by atoms with van der Waals surface area (Å²) in [6.07, 6.45) is 2.06. The number of amides is 1. The Kier molecular flexibility index (Phi) is 3.65. The number of nitrogens with zero attached hydrogens (tertiary/aromatic N) is 1. The van der Waals surface area contributed by atoms with Crippen molar-refractivity contribution in [1.82, 2.24) is 0 Å². The molecule has 0 fully saturated rings. The highest BCUT2D eigenvalue weighted by atomic mass is 16.5. The average molecular weight is 247 g/mol. The fourth-order valence-electron chi connectivity index (χ4n) is 1.99. The van der Waals surface area contributed by atoms with Gasteiger partial charge in [0.1, 0.15) is 5.75 Å². The number of hydrogen-bond donors (Lipinski definition) is 0. The molecule has 1 amide bonds. The molecule has 1 aromatic rings. The minimum absolute atomic E-state index is 0.0267. The van der Waals surface area contributed by atoms with Gasteiger partial charge in [-0.2, -0.15) is 0 Å². The van der Waals surface area contributed by atoms with E-state index in [4.69, 9.17) is 4.74 Å². The number of carbonyl (C=O) groups excluding carboxylic acids is 2. The van der Waals surface area contributed by atoms with Crippen molar-refractivity contribution in [3.63, 3.8) is 0 Å². The molecule has 1 aliphatic heterocycles. The van der Waals surface area contributed by atoms with Gasteiger partial charge in [0.2, 0.25) is 5.91 Å². The van der Waals surface area contributed by atoms with Crippen LogP contribution in [-0.4, -0.2) is 24.8 Å². The van der Waals surface area contributed by atoms with Crippen LogP contribution in [0.3, 0.4) is 0 Å². The second kappa shape index (κ2) is 5.21. The fraction of sp³-hybridized carbons (Fsp3) is 0.429. The van der Waals surface area contributed by atoms with Gasteiger partial charge in [-0.25, -0.2) is 0 Å². The Morgan fingerprint density at radius 3 is 2.89 bits per heavy atom. The van der Waals surface area contributed by atoms with E-state index in [1.807, 2.05) is 6.07 Å². The Morgan fingerprint density at radius 1 is 1.44 bits per heavy atom. The minimum atomic E-state index is -0.109. The van der Waals surface area contributed by atoms with E-state index in [1.165, 1.54) is 11.8 Å². The van der Waals surface area contributed by atoms with Gasteiger partial charge in [-0.3, -0.25) is 9.59 Å². The van der Waals surface area contributed by atoms with Gasteiger partial charge in [0.25, 0.3) is 0 Å². The van der Waals surface area contributed by atoms with Crippen LogP contribution < -0.4 is 9.64 Å². The normalized spacial score (nSPS) is 13.7. The molecule has 1 aromatic carbocycles. The summed E-state index contributed by atoms with van der Waals surface area (Å²) in [5.74, 6) is 0.559. The molecular formula is C14H17NO3. The number of unbranched alkanes of at least 4 members (excludes halogenated alkanes) is 1. The van der Waals surface area contributed by atoms with Crippen molar-refractivity contribution in [3.05, 3.63) is 23.8 Å². The van der Waals surface area contributed by atoms with Crippen LogP contribution in [0.1, 0.15) is 37.0 Å². The van der Waals surface area contributed by atoms with E-state index in [1.54, 1.807) is 12.1 Å². The van der Waals surface area contributed by atoms with Gasteiger partial charge < -0.3 is 9.64 Å². The van der Waals surface area contributed by atoms with E-state index < -0.39 is 0 Å². The summed E-state index contributed by atoms with van der Waals surface area (Å²) in [5.41, 5.74) is 1.27. The van der Waals surface area contributed by atoms with E-state index >= 15 is 0 Å². The van der Waals surface area contributed by atoms with Gasteiger partial charge in [0, 0.05) is 12.5 Å². The van der Waals surface area contributed by atoms with Crippen LogP contribution in [0, 0.1) is 0 Å². The number of rotatable bonds is 4. The van der Waals surface area contributed by atoms with Crippen LogP contribution in [0.25, 0.3) is 0 Å². The summed E-state index contributed by atoms with van der Waals surface area (Å²) in [7, 11) is 0. The molecule has 1 heterocycles. The van der Waals surface area contributed by atoms with Crippen molar-refractivity contribution in [3.8, 4) is 5.75 Å². The lowest BCUT2D eigenvalue weighted by atomic mass is 10.1. The van der Waals surface area contributed by atoms with Crippen LogP contribution in [0.15, 0.2) is 18.2 Å². The van der Waals surface area contributed by atoms with Crippen molar-refractivity contribution >= 4 is 17.4 Å². The summed E-state index contributed by atoms with van der Waals surface area (Å²) in [5, 5.41) is 0. The summed E-state index contributed by atoms with van der Waals surface area (Å²) in [6.45, 7) is 4.36. The van der Waals surface area contributed by atoms with Crippen molar-refractivity contribution < 1.29 is 14.3 Å². The molecule has 4 nitrogen and oxygen atoms in total. The lowest BCUT2D eigenvalue weighted by Gasteiger charge is -2.13. The number of ether oxygens (including phenoxy) is 1. The molecule has 0 aromatic heterocycles. The lowest BCUT2D eigenvalue weighted by Crippen LogP contribution is -2.27. The maximum atomic E-state index is 11.8. The minimum Gasteiger partial charge on any atom is -0.494 e. The Hall–Kier alpha value is -1.84. The molecule has 0 N–H and O–H groups in total. The summed E-state index contributed by atoms with van der Waals surface area (Å²) < 4.78 is 5.56. The van der Waals surface area contributed by atoms with E-state index in [0.717, 1.165) is 12.8 Å². The van der Waals surface area contributed by atoms with Gasteiger partial charge >= 0.3 is 0 Å². The molecule has 4 heteroatoms. The molecule has 96 valence electrons. The molecule has 0 aliphatic carbocycles. The van der Waals surface area contributed by atoms with Gasteiger partial charge in [-0.1, -0.05) is 13.3 Å². The highest BCUT2D eigenvalue weighted by Crippen LogP contribution is 2.31. The van der Waals surface area contributed by atoms with Gasteiger partial charge in [-0.15, -0.1) is 0 Å². The molecule has 0 atom stereocenters. The number of fused-ring (bicyclic) bond motifs is 1. The number of benzene rings is 1. The fourth-order valence-corrected chi connectivity index (χ4v) is 1.99. The molecule has 0 unspecified atom stereocenters. The van der Waals surface area contributed by atoms with Crippen LogP contribution in [-0.2, 0) is 4.79 Å². The highest BCUT2D eigenvalue weighted by molar-refractivity contribution is 6.15. The Bertz CT molecular complexity index is 482. The smallest absolute Gasteiger partial charge is 0.224 e. The predicted molar refractivity (Wildman–Crippen MR) is 69.2 cm³/mol. The van der Waals surface area contributed by atoms with Crippen LogP contribution in [0.5, 0.6) is 5.75 Å². The third kappa shape index (κ3) is 2.37. The molecule has 0 spiro atoms. The summed E-state index contributed by atoms with van der Waals surface area (Å²) in [4.78, 5) is 24.7. The second-order valence-corrected chi connectivity index (χ2v) is 4.41. The van der Waals surface area contributed by atoms with Crippen LogP contribution in [0.2, 0.25) is 0 Å². The molecule has 18 heavy (non-hydrogen) atoms. The SMILES string of the molecule is CCCCOc1ccc2c(c1)C(=O)CN2C(C)=O. The molecule has 0 bridgehead atoms. The third-order valence-electron chi connectivity index (χ3n) is 3.01. The first kappa shape index (κ1) is 12.6. The summed E-state index contributed by atoms with van der Waals surface area (Å²) in [6, 6.07) is 5.32. The third-order valence-corrected chi connectivity index (χ3v) is 3.01. The van der Waals surface area contributed by atoms with Crippen molar-refractivity contribution in [2.45, 2.75) is 26.7 Å². The molecule has 0 saturated heterocycles. The van der Waals surface area contributed by atoms with Crippen molar-refractivity contribution in [2.24, 2.45) is 0 Å². The quantitative estimate of drug-likeness (QED) is 0.768. The summed E-state index contributed by atoms with van der Waals surface area (Å²) >= 11 is 0. The maximum Gasteiger partial charge on any atom is 0.224 e. The Labute approximate surface area is 107 Å². The highest BCUT2D eigenvalue weighted by Gasteiger charge is 2.29. The topological polar surface area (TPSA) is 46.6 Å². The first-order valence-corrected chi connectivity index (χ1v) is 6.21. The zero-order valence-electron chi connectivity index (χ0n) is 10.7. The van der Waals surface area contributed by atoms with E-state index in [0.29, 0.717) is 23.6 Å². The van der Waals surface area contributed by atoms with Gasteiger partial charge in [-0.05, 0) is 24.6 Å².